The first-order valence-electron chi connectivity index (χ1n) is 5.84. The number of aromatic nitrogens is 2. The highest BCUT2D eigenvalue weighted by molar-refractivity contribution is 7.98. The predicted octanol–water partition coefficient (Wildman–Crippen LogP) is 1.19. The fourth-order valence-electron chi connectivity index (χ4n) is 2.64. The van der Waals surface area contributed by atoms with E-state index >= 15 is 0 Å². The lowest BCUT2D eigenvalue weighted by molar-refractivity contribution is 0.210. The van der Waals surface area contributed by atoms with Crippen molar-refractivity contribution in [1.29, 1.82) is 0 Å². The Morgan fingerprint density at radius 2 is 2.06 bits per heavy atom. The second-order valence-corrected chi connectivity index (χ2v) is 5.75. The highest BCUT2D eigenvalue weighted by Crippen LogP contribution is 2.31. The zero-order valence-corrected chi connectivity index (χ0v) is 10.3. The quantitative estimate of drug-likeness (QED) is 0.800. The predicted molar refractivity (Wildman–Crippen MR) is 65.8 cm³/mol. The molecule has 0 radical (unpaired) electrons. The van der Waals surface area contributed by atoms with Crippen LogP contribution in [-0.2, 0) is 11.5 Å². The van der Waals surface area contributed by atoms with E-state index in [4.69, 9.17) is 0 Å². The van der Waals surface area contributed by atoms with Crippen molar-refractivity contribution in [3.63, 3.8) is 0 Å². The van der Waals surface area contributed by atoms with E-state index < -0.39 is 0 Å². The van der Waals surface area contributed by atoms with Gasteiger partial charge in [-0.2, -0.15) is 11.8 Å². The summed E-state index contributed by atoms with van der Waals surface area (Å²) < 4.78 is 2.16. The van der Waals surface area contributed by atoms with Crippen molar-refractivity contribution >= 4 is 11.8 Å². The first-order valence-corrected chi connectivity index (χ1v) is 6.99. The van der Waals surface area contributed by atoms with E-state index in [1.807, 2.05) is 11.8 Å². The van der Waals surface area contributed by atoms with E-state index in [9.17, 15) is 4.79 Å². The fourth-order valence-corrected chi connectivity index (χ4v) is 3.75. The van der Waals surface area contributed by atoms with Crippen molar-refractivity contribution in [3.05, 3.63) is 21.6 Å². The number of fused-ring (bicyclic) bond motifs is 1. The van der Waals surface area contributed by atoms with Gasteiger partial charge in [-0.05, 0) is 33.0 Å². The van der Waals surface area contributed by atoms with Crippen LogP contribution in [0.1, 0.15) is 30.1 Å². The summed E-state index contributed by atoms with van der Waals surface area (Å²) >= 11 is 1.85. The van der Waals surface area contributed by atoms with E-state index in [0.29, 0.717) is 6.04 Å². The Bertz CT molecular complexity index is 443. The van der Waals surface area contributed by atoms with Crippen LogP contribution in [-0.4, -0.2) is 34.8 Å². The zero-order valence-electron chi connectivity index (χ0n) is 9.53. The molecule has 0 saturated carbocycles. The number of H-pyrrole nitrogens is 1. The van der Waals surface area contributed by atoms with Crippen molar-refractivity contribution in [2.75, 3.05) is 20.1 Å². The van der Waals surface area contributed by atoms with Crippen molar-refractivity contribution in [2.45, 2.75) is 30.4 Å². The van der Waals surface area contributed by atoms with Gasteiger partial charge in [0.2, 0.25) is 0 Å². The van der Waals surface area contributed by atoms with E-state index in [1.54, 1.807) is 0 Å². The molecule has 2 aliphatic rings. The Balaban J connectivity index is 1.90. The van der Waals surface area contributed by atoms with Gasteiger partial charge in [-0.15, -0.1) is 0 Å². The van der Waals surface area contributed by atoms with Crippen molar-refractivity contribution in [3.8, 4) is 0 Å². The van der Waals surface area contributed by atoms with Gasteiger partial charge < -0.3 is 4.90 Å². The molecule has 1 fully saturated rings. The molecule has 88 valence electrons. The van der Waals surface area contributed by atoms with Crippen molar-refractivity contribution < 1.29 is 0 Å². The molecule has 0 atom stereocenters. The minimum atomic E-state index is 0.138. The maximum absolute atomic E-state index is 11.7. The Kier molecular flexibility index (Phi) is 2.59. The normalized spacial score (nSPS) is 22.6. The summed E-state index contributed by atoms with van der Waals surface area (Å²) in [6, 6.07) is 0.506. The Morgan fingerprint density at radius 1 is 1.31 bits per heavy atom. The molecule has 5 heteroatoms. The number of hydrogen-bond donors (Lipinski definition) is 1. The van der Waals surface area contributed by atoms with Gasteiger partial charge in [0.1, 0.15) is 0 Å². The number of hydrogen-bond acceptors (Lipinski definition) is 3. The third kappa shape index (κ3) is 1.62. The summed E-state index contributed by atoms with van der Waals surface area (Å²) in [5.74, 6) is 1.89. The molecule has 0 bridgehead atoms. The largest absolute Gasteiger partial charge is 0.306 e. The summed E-state index contributed by atoms with van der Waals surface area (Å²) in [4.78, 5) is 14.1. The van der Waals surface area contributed by atoms with Crippen LogP contribution >= 0.6 is 11.8 Å². The molecule has 4 nitrogen and oxygen atoms in total. The SMILES string of the molecule is CN1CCC(n2[nH]c(=O)c3c2CSC3)CC1. The van der Waals surface area contributed by atoms with Crippen LogP contribution in [0.15, 0.2) is 4.79 Å². The van der Waals surface area contributed by atoms with Crippen LogP contribution in [0.5, 0.6) is 0 Å². The summed E-state index contributed by atoms with van der Waals surface area (Å²) in [6.45, 7) is 2.26. The standard InChI is InChI=1S/C11H17N3OS/c1-13-4-2-8(3-5-13)14-10-7-16-6-9(10)11(15)12-14/h8H,2-7H2,1H3,(H,12,15). The fraction of sp³-hybridized carbons (Fsp3) is 0.727. The molecular weight excluding hydrogens is 222 g/mol. The summed E-state index contributed by atoms with van der Waals surface area (Å²) in [7, 11) is 2.16. The molecule has 1 aromatic rings. The van der Waals surface area contributed by atoms with Gasteiger partial charge in [-0.3, -0.25) is 14.6 Å². The van der Waals surface area contributed by atoms with E-state index in [1.165, 1.54) is 5.69 Å². The second-order valence-electron chi connectivity index (χ2n) is 4.76. The summed E-state index contributed by atoms with van der Waals surface area (Å²) in [5.41, 5.74) is 2.41. The third-order valence-electron chi connectivity index (χ3n) is 3.67. The molecular formula is C11H17N3OS. The average molecular weight is 239 g/mol. The third-order valence-corrected chi connectivity index (χ3v) is 4.64. The molecule has 3 heterocycles. The molecule has 3 rings (SSSR count). The Morgan fingerprint density at radius 3 is 2.81 bits per heavy atom. The maximum Gasteiger partial charge on any atom is 0.268 e. The van der Waals surface area contributed by atoms with Gasteiger partial charge in [-0.25, -0.2) is 0 Å². The molecule has 1 saturated heterocycles. The first-order chi connectivity index (χ1) is 7.75. The number of thioether (sulfide) groups is 1. The van der Waals surface area contributed by atoms with Gasteiger partial charge in [0, 0.05) is 11.5 Å². The van der Waals surface area contributed by atoms with E-state index in [-0.39, 0.29) is 5.56 Å². The highest BCUT2D eigenvalue weighted by atomic mass is 32.2. The molecule has 1 aromatic heterocycles. The number of rotatable bonds is 1. The zero-order chi connectivity index (χ0) is 11.1. The van der Waals surface area contributed by atoms with Crippen molar-refractivity contribution in [1.82, 2.24) is 14.7 Å². The average Bonchev–Trinajstić information content (AvgIpc) is 2.84. The molecule has 16 heavy (non-hydrogen) atoms. The lowest BCUT2D eigenvalue weighted by Crippen LogP contribution is -2.32. The molecule has 0 unspecified atom stereocenters. The van der Waals surface area contributed by atoms with Crippen LogP contribution in [0.3, 0.4) is 0 Å². The Labute approximate surface area is 99.0 Å². The lowest BCUT2D eigenvalue weighted by Gasteiger charge is -2.30. The number of likely N-dealkylation sites (tertiary alicyclic amines) is 1. The molecule has 0 amide bonds. The van der Waals surface area contributed by atoms with Crippen LogP contribution in [0, 0.1) is 0 Å². The van der Waals surface area contributed by atoms with Gasteiger partial charge >= 0.3 is 0 Å². The number of aromatic amines is 1. The maximum atomic E-state index is 11.7. The van der Waals surface area contributed by atoms with E-state index in [0.717, 1.165) is 43.0 Å². The molecule has 0 aromatic carbocycles. The van der Waals surface area contributed by atoms with E-state index in [2.05, 4.69) is 21.7 Å². The molecule has 1 N–H and O–H groups in total. The van der Waals surface area contributed by atoms with Crippen LogP contribution in [0.25, 0.3) is 0 Å². The Hall–Kier alpha value is -0.680. The van der Waals surface area contributed by atoms with Crippen LogP contribution in [0.2, 0.25) is 0 Å². The molecule has 2 aliphatic heterocycles. The monoisotopic (exact) mass is 239 g/mol. The van der Waals surface area contributed by atoms with Gasteiger partial charge in [0.15, 0.2) is 0 Å². The lowest BCUT2D eigenvalue weighted by atomic mass is 10.1. The van der Waals surface area contributed by atoms with Gasteiger partial charge in [0.25, 0.3) is 5.56 Å². The van der Waals surface area contributed by atoms with Crippen LogP contribution < -0.4 is 5.56 Å². The summed E-state index contributed by atoms with van der Waals surface area (Å²) in [5, 5.41) is 3.03. The topological polar surface area (TPSA) is 41.0 Å². The van der Waals surface area contributed by atoms with Gasteiger partial charge in [0.05, 0.1) is 17.3 Å². The second kappa shape index (κ2) is 3.96. The first kappa shape index (κ1) is 10.5. The van der Waals surface area contributed by atoms with Crippen molar-refractivity contribution in [2.24, 2.45) is 0 Å². The van der Waals surface area contributed by atoms with Crippen LogP contribution in [0.4, 0.5) is 0 Å². The minimum absolute atomic E-state index is 0.138. The van der Waals surface area contributed by atoms with Gasteiger partial charge in [-0.1, -0.05) is 0 Å². The minimum Gasteiger partial charge on any atom is -0.306 e. The molecule has 0 aliphatic carbocycles. The smallest absolute Gasteiger partial charge is 0.268 e. The number of nitrogens with one attached hydrogen (secondary N) is 1. The molecule has 0 spiro atoms. The number of piperidine rings is 1. The summed E-state index contributed by atoms with van der Waals surface area (Å²) in [6.07, 6.45) is 2.30. The highest BCUT2D eigenvalue weighted by Gasteiger charge is 2.26. The number of nitrogens with zero attached hydrogens (tertiary/aromatic N) is 2.